The second-order valence-electron chi connectivity index (χ2n) is 5.64. The Labute approximate surface area is 123 Å². The van der Waals surface area contributed by atoms with E-state index in [9.17, 15) is 14.9 Å². The van der Waals surface area contributed by atoms with E-state index in [4.69, 9.17) is 5.73 Å². The van der Waals surface area contributed by atoms with Gasteiger partial charge in [-0.25, -0.2) is 0 Å². The van der Waals surface area contributed by atoms with Crippen LogP contribution in [-0.2, 0) is 0 Å². The van der Waals surface area contributed by atoms with Gasteiger partial charge in [0.25, 0.3) is 5.69 Å². The molecule has 3 N–H and O–H groups in total. The minimum atomic E-state index is -0.659. The maximum absolute atomic E-state index is 11.2. The predicted molar refractivity (Wildman–Crippen MR) is 81.3 cm³/mol. The smallest absolute Gasteiger partial charge is 0.293 e. The largest absolute Gasteiger partial charge is 0.377 e. The van der Waals surface area contributed by atoms with Crippen LogP contribution in [0.4, 0.5) is 11.4 Å². The fraction of sp³-hybridized carbons (Fsp3) is 0.533. The quantitative estimate of drug-likeness (QED) is 0.643. The lowest BCUT2D eigenvalue weighted by Gasteiger charge is -2.29. The Morgan fingerprint density at radius 1 is 1.48 bits per heavy atom. The van der Waals surface area contributed by atoms with Gasteiger partial charge in [0.05, 0.1) is 4.92 Å². The number of rotatable bonds is 5. The number of carbonyl (C=O) groups excluding carboxylic acids is 1. The van der Waals surface area contributed by atoms with Crippen LogP contribution in [0.2, 0.25) is 0 Å². The van der Waals surface area contributed by atoms with E-state index in [2.05, 4.69) is 12.2 Å². The zero-order valence-corrected chi connectivity index (χ0v) is 12.2. The third-order valence-electron chi connectivity index (χ3n) is 4.20. The van der Waals surface area contributed by atoms with Gasteiger partial charge in [0.15, 0.2) is 0 Å². The standard InChI is InChI=1S/C15H21N3O3/c1-2-10-4-3-5-12(8-10)17-13-7-6-11(15(16)19)9-14(13)18(20)21/h6-7,9-10,12,17H,2-5,8H2,1H3,(H2,16,19). The van der Waals surface area contributed by atoms with E-state index in [1.165, 1.54) is 18.6 Å². The molecule has 0 heterocycles. The lowest BCUT2D eigenvalue weighted by Crippen LogP contribution is -2.27. The van der Waals surface area contributed by atoms with Gasteiger partial charge in [-0.15, -0.1) is 0 Å². The Hall–Kier alpha value is -2.11. The highest BCUT2D eigenvalue weighted by Crippen LogP contribution is 2.32. The molecule has 0 radical (unpaired) electrons. The number of nitro groups is 1. The van der Waals surface area contributed by atoms with Crippen molar-refractivity contribution in [3.8, 4) is 0 Å². The molecule has 0 spiro atoms. The number of nitrogens with two attached hydrogens (primary N) is 1. The van der Waals surface area contributed by atoms with Crippen molar-refractivity contribution in [1.29, 1.82) is 0 Å². The second kappa shape index (κ2) is 6.56. The molecule has 1 aliphatic rings. The minimum absolute atomic E-state index is 0.0927. The number of amides is 1. The van der Waals surface area contributed by atoms with Crippen LogP contribution in [0.5, 0.6) is 0 Å². The number of hydrogen-bond donors (Lipinski definition) is 2. The van der Waals surface area contributed by atoms with Gasteiger partial charge in [0, 0.05) is 17.7 Å². The molecule has 2 atom stereocenters. The molecule has 6 heteroatoms. The van der Waals surface area contributed by atoms with Crippen LogP contribution >= 0.6 is 0 Å². The third kappa shape index (κ3) is 3.71. The van der Waals surface area contributed by atoms with Gasteiger partial charge in [-0.1, -0.05) is 26.2 Å². The van der Waals surface area contributed by atoms with E-state index in [1.54, 1.807) is 6.07 Å². The summed E-state index contributed by atoms with van der Waals surface area (Å²) >= 11 is 0. The van der Waals surface area contributed by atoms with Crippen molar-refractivity contribution in [2.75, 3.05) is 5.32 Å². The normalized spacial score (nSPS) is 21.8. The van der Waals surface area contributed by atoms with Gasteiger partial charge >= 0.3 is 0 Å². The van der Waals surface area contributed by atoms with Gasteiger partial charge in [0.1, 0.15) is 5.69 Å². The van der Waals surface area contributed by atoms with Crippen LogP contribution in [0.3, 0.4) is 0 Å². The van der Waals surface area contributed by atoms with Crippen LogP contribution < -0.4 is 11.1 Å². The summed E-state index contributed by atoms with van der Waals surface area (Å²) in [6.45, 7) is 2.18. The van der Waals surface area contributed by atoms with Gasteiger partial charge in [-0.05, 0) is 30.9 Å². The first kappa shape index (κ1) is 15.3. The molecular weight excluding hydrogens is 270 g/mol. The highest BCUT2D eigenvalue weighted by Gasteiger charge is 2.24. The molecule has 0 aliphatic heterocycles. The Morgan fingerprint density at radius 3 is 2.86 bits per heavy atom. The number of carbonyl (C=O) groups is 1. The summed E-state index contributed by atoms with van der Waals surface area (Å²) < 4.78 is 0. The van der Waals surface area contributed by atoms with Crippen molar-refractivity contribution in [2.24, 2.45) is 11.7 Å². The summed E-state index contributed by atoms with van der Waals surface area (Å²) in [5.41, 5.74) is 5.70. The van der Waals surface area contributed by atoms with E-state index in [1.807, 2.05) is 0 Å². The zero-order chi connectivity index (χ0) is 15.4. The molecule has 114 valence electrons. The molecule has 1 aromatic carbocycles. The summed E-state index contributed by atoms with van der Waals surface area (Å²) in [5, 5.41) is 14.4. The van der Waals surface area contributed by atoms with Crippen molar-refractivity contribution < 1.29 is 9.72 Å². The number of nitro benzene ring substituents is 1. The van der Waals surface area contributed by atoms with E-state index in [0.717, 1.165) is 25.7 Å². The molecule has 1 fully saturated rings. The maximum atomic E-state index is 11.2. The van der Waals surface area contributed by atoms with Crippen molar-refractivity contribution in [3.63, 3.8) is 0 Å². The summed E-state index contributed by atoms with van der Waals surface area (Å²) in [7, 11) is 0. The maximum Gasteiger partial charge on any atom is 0.293 e. The Kier molecular flexibility index (Phi) is 4.77. The van der Waals surface area contributed by atoms with Crippen molar-refractivity contribution in [2.45, 2.75) is 45.1 Å². The molecule has 1 aromatic rings. The highest BCUT2D eigenvalue weighted by molar-refractivity contribution is 5.94. The molecule has 0 bridgehead atoms. The summed E-state index contributed by atoms with van der Waals surface area (Å²) in [6.07, 6.45) is 5.57. The van der Waals surface area contributed by atoms with E-state index in [-0.39, 0.29) is 17.3 Å². The number of anilines is 1. The average Bonchev–Trinajstić information content (AvgIpc) is 2.47. The second-order valence-corrected chi connectivity index (χ2v) is 5.64. The SMILES string of the molecule is CCC1CCCC(Nc2ccc(C(N)=O)cc2[N+](=O)[O-])C1. The van der Waals surface area contributed by atoms with Crippen LogP contribution in [0, 0.1) is 16.0 Å². The number of nitrogens with one attached hydrogen (secondary N) is 1. The Morgan fingerprint density at radius 2 is 2.24 bits per heavy atom. The molecule has 1 amide bonds. The summed E-state index contributed by atoms with van der Waals surface area (Å²) in [6, 6.07) is 4.60. The van der Waals surface area contributed by atoms with Crippen molar-refractivity contribution in [3.05, 3.63) is 33.9 Å². The van der Waals surface area contributed by atoms with Crippen LogP contribution in [0.25, 0.3) is 0 Å². The minimum Gasteiger partial charge on any atom is -0.377 e. The first-order valence-corrected chi connectivity index (χ1v) is 7.36. The fourth-order valence-corrected chi connectivity index (χ4v) is 2.97. The molecule has 6 nitrogen and oxygen atoms in total. The molecule has 1 aliphatic carbocycles. The zero-order valence-electron chi connectivity index (χ0n) is 12.2. The third-order valence-corrected chi connectivity index (χ3v) is 4.20. The van der Waals surface area contributed by atoms with Crippen molar-refractivity contribution >= 4 is 17.3 Å². The summed E-state index contributed by atoms with van der Waals surface area (Å²) in [4.78, 5) is 21.8. The molecule has 2 unspecified atom stereocenters. The van der Waals surface area contributed by atoms with Crippen LogP contribution in [0.1, 0.15) is 49.4 Å². The molecule has 0 aromatic heterocycles. The molecule has 2 rings (SSSR count). The average molecular weight is 291 g/mol. The monoisotopic (exact) mass is 291 g/mol. The van der Waals surface area contributed by atoms with Crippen LogP contribution in [0.15, 0.2) is 18.2 Å². The molecular formula is C15H21N3O3. The van der Waals surface area contributed by atoms with Gasteiger partial charge in [-0.3, -0.25) is 14.9 Å². The van der Waals surface area contributed by atoms with E-state index >= 15 is 0 Å². The molecule has 1 saturated carbocycles. The Bertz CT molecular complexity index is 545. The van der Waals surface area contributed by atoms with E-state index in [0.29, 0.717) is 11.6 Å². The first-order valence-electron chi connectivity index (χ1n) is 7.36. The summed E-state index contributed by atoms with van der Waals surface area (Å²) in [5.74, 6) is 0.0218. The molecule has 21 heavy (non-hydrogen) atoms. The fourth-order valence-electron chi connectivity index (χ4n) is 2.97. The predicted octanol–water partition coefficient (Wildman–Crippen LogP) is 3.07. The van der Waals surface area contributed by atoms with Crippen LogP contribution in [-0.4, -0.2) is 16.9 Å². The Balaban J connectivity index is 2.19. The lowest BCUT2D eigenvalue weighted by atomic mass is 9.84. The van der Waals surface area contributed by atoms with Gasteiger partial charge in [-0.2, -0.15) is 0 Å². The van der Waals surface area contributed by atoms with Gasteiger partial charge in [0.2, 0.25) is 5.91 Å². The lowest BCUT2D eigenvalue weighted by molar-refractivity contribution is -0.384. The number of primary amides is 1. The number of benzene rings is 1. The number of nitrogens with zero attached hydrogens (tertiary/aromatic N) is 1. The van der Waals surface area contributed by atoms with Crippen molar-refractivity contribution in [1.82, 2.24) is 0 Å². The highest BCUT2D eigenvalue weighted by atomic mass is 16.6. The van der Waals surface area contributed by atoms with E-state index < -0.39 is 10.8 Å². The topological polar surface area (TPSA) is 98.3 Å². The first-order chi connectivity index (χ1) is 10.0. The number of hydrogen-bond acceptors (Lipinski definition) is 4. The molecule has 0 saturated heterocycles. The van der Waals surface area contributed by atoms with Gasteiger partial charge < -0.3 is 11.1 Å².